The van der Waals surface area contributed by atoms with Crippen LogP contribution in [-0.2, 0) is 20.9 Å². The lowest BCUT2D eigenvalue weighted by molar-refractivity contribution is -0.140. The Morgan fingerprint density at radius 1 is 1.25 bits per heavy atom. The van der Waals surface area contributed by atoms with E-state index in [4.69, 9.17) is 15.9 Å². The molecule has 9 nitrogen and oxygen atoms in total. The van der Waals surface area contributed by atoms with E-state index in [0.29, 0.717) is 24.3 Å². The number of nitrogen functional groups attached to an aromatic ring is 1. The van der Waals surface area contributed by atoms with Gasteiger partial charge in [-0.25, -0.2) is 0 Å². The molecule has 4 rings (SSSR count). The first-order valence-electron chi connectivity index (χ1n) is 11.8. The Bertz CT molecular complexity index is 1160. The lowest BCUT2D eigenvalue weighted by Gasteiger charge is -2.27. The van der Waals surface area contributed by atoms with Crippen molar-refractivity contribution in [1.29, 1.82) is 5.41 Å². The number of nitrogens with one attached hydrogen (secondary N) is 3. The molecule has 36 heavy (non-hydrogen) atoms. The monoisotopic (exact) mass is 515 g/mol. The third-order valence-corrected chi connectivity index (χ3v) is 7.61. The van der Waals surface area contributed by atoms with E-state index in [1.165, 1.54) is 6.07 Å². The van der Waals surface area contributed by atoms with Crippen molar-refractivity contribution < 1.29 is 23.5 Å². The molecule has 0 unspecified atom stereocenters. The summed E-state index contributed by atoms with van der Waals surface area (Å²) in [6, 6.07) is 10.1. The number of halogens is 1. The van der Waals surface area contributed by atoms with Crippen LogP contribution in [0, 0.1) is 16.0 Å². The maximum Gasteiger partial charge on any atom is 0.243 e. The van der Waals surface area contributed by atoms with E-state index < -0.39 is 11.2 Å². The van der Waals surface area contributed by atoms with Crippen molar-refractivity contribution in [2.75, 3.05) is 13.2 Å². The van der Waals surface area contributed by atoms with Crippen molar-refractivity contribution in [2.24, 2.45) is 11.1 Å². The summed E-state index contributed by atoms with van der Waals surface area (Å²) >= 11 is 0.822. The van der Waals surface area contributed by atoms with Gasteiger partial charge < -0.3 is 26.0 Å². The molecule has 192 valence electrons. The van der Waals surface area contributed by atoms with Gasteiger partial charge in [-0.05, 0) is 42.9 Å². The number of likely N-dealkylation sites (tertiary alicyclic amines) is 1. The third kappa shape index (κ3) is 5.84. The number of ether oxygens (including phenoxy) is 1. The number of amidine groups is 1. The van der Waals surface area contributed by atoms with Crippen molar-refractivity contribution in [3.63, 3.8) is 0 Å². The van der Waals surface area contributed by atoms with Gasteiger partial charge in [0, 0.05) is 17.3 Å². The van der Waals surface area contributed by atoms with Gasteiger partial charge in [0.05, 0.1) is 25.3 Å². The Labute approximate surface area is 212 Å². The highest BCUT2D eigenvalue weighted by atomic mass is 32.1. The molecule has 1 saturated carbocycles. The van der Waals surface area contributed by atoms with Crippen LogP contribution in [-0.4, -0.2) is 53.7 Å². The molecule has 1 aliphatic carbocycles. The number of hydrogen-bond donors (Lipinski definition) is 4. The summed E-state index contributed by atoms with van der Waals surface area (Å²) in [6.45, 7) is 2.34. The van der Waals surface area contributed by atoms with Gasteiger partial charge in [0.2, 0.25) is 17.7 Å². The van der Waals surface area contributed by atoms with Gasteiger partial charge in [-0.1, -0.05) is 25.1 Å². The Kier molecular flexibility index (Phi) is 7.58. The standard InChI is InChI=1S/C25H30FN5O4S/c1-25-11-18(24(34)30-13-16-10-17(23(27)28)22(26)36-16)31(19(25)12-25)21(33)14-29-20(32)8-5-9-35-15-6-3-2-4-7-15/h2-4,6-7,10,18-19H,5,8-9,11-14H2,1H3,(H3,27,28)(H,29,32)(H,30,34)/t18-,19-,25+/m0/s1. The highest BCUT2D eigenvalue weighted by Crippen LogP contribution is 2.59. The van der Waals surface area contributed by atoms with Gasteiger partial charge in [0.15, 0.2) is 5.13 Å². The summed E-state index contributed by atoms with van der Waals surface area (Å²) in [5.41, 5.74) is 5.27. The number of fused-ring (bicyclic) bond motifs is 1. The second kappa shape index (κ2) is 10.7. The summed E-state index contributed by atoms with van der Waals surface area (Å²) in [5, 5.41) is 12.3. The molecular weight excluding hydrogens is 485 g/mol. The minimum absolute atomic E-state index is 0.0121. The van der Waals surface area contributed by atoms with E-state index in [0.717, 1.165) is 23.5 Å². The van der Waals surface area contributed by atoms with E-state index >= 15 is 0 Å². The second-order valence-electron chi connectivity index (χ2n) is 9.47. The third-order valence-electron chi connectivity index (χ3n) is 6.69. The summed E-state index contributed by atoms with van der Waals surface area (Å²) in [4.78, 5) is 40.2. The number of para-hydroxylation sites is 1. The molecule has 3 amide bonds. The van der Waals surface area contributed by atoms with E-state index in [9.17, 15) is 18.8 Å². The zero-order chi connectivity index (χ0) is 25.9. The molecular formula is C25H30FN5O4S. The molecule has 11 heteroatoms. The summed E-state index contributed by atoms with van der Waals surface area (Å²) < 4.78 is 19.5. The van der Waals surface area contributed by atoms with Crippen LogP contribution in [0.15, 0.2) is 36.4 Å². The predicted octanol–water partition coefficient (Wildman–Crippen LogP) is 2.14. The lowest BCUT2D eigenvalue weighted by atomic mass is 10.0. The quantitative estimate of drug-likeness (QED) is 0.206. The number of carbonyl (C=O) groups excluding carboxylic acids is 3. The molecule has 0 bridgehead atoms. The molecule has 1 aromatic heterocycles. The van der Waals surface area contributed by atoms with E-state index in [1.54, 1.807) is 4.90 Å². The zero-order valence-corrected chi connectivity index (χ0v) is 20.8. The molecule has 2 aliphatic rings. The fourth-order valence-electron chi connectivity index (χ4n) is 4.63. The van der Waals surface area contributed by atoms with E-state index in [2.05, 4.69) is 10.6 Å². The molecule has 2 heterocycles. The first-order chi connectivity index (χ1) is 17.2. The number of rotatable bonds is 11. The first-order valence-corrected chi connectivity index (χ1v) is 12.7. The number of carbonyl (C=O) groups is 3. The minimum atomic E-state index is -0.644. The Hall–Kier alpha value is -3.47. The van der Waals surface area contributed by atoms with Gasteiger partial charge >= 0.3 is 0 Å². The summed E-state index contributed by atoms with van der Waals surface area (Å²) in [5.74, 6) is -0.495. The predicted molar refractivity (Wildman–Crippen MR) is 133 cm³/mol. The van der Waals surface area contributed by atoms with Gasteiger partial charge in [-0.2, -0.15) is 4.39 Å². The molecule has 0 radical (unpaired) electrons. The molecule has 1 aliphatic heterocycles. The summed E-state index contributed by atoms with van der Waals surface area (Å²) in [6.07, 6.45) is 2.10. The topological polar surface area (TPSA) is 138 Å². The van der Waals surface area contributed by atoms with Gasteiger partial charge in [-0.15, -0.1) is 11.3 Å². The lowest BCUT2D eigenvalue weighted by Crippen LogP contribution is -2.50. The van der Waals surface area contributed by atoms with Crippen molar-refractivity contribution in [1.82, 2.24) is 15.5 Å². The fourth-order valence-corrected chi connectivity index (χ4v) is 5.46. The number of piperidine rings is 1. The SMILES string of the molecule is C[C@@]12C[C@@H]1N(C(=O)CNC(=O)CCCOc1ccccc1)[C@H](C(=O)NCc1cc(C(=N)N)c(F)s1)C2. The molecule has 1 saturated heterocycles. The first kappa shape index (κ1) is 25.6. The van der Waals surface area contributed by atoms with Crippen molar-refractivity contribution in [3.8, 4) is 5.75 Å². The Morgan fingerprint density at radius 2 is 2.00 bits per heavy atom. The van der Waals surface area contributed by atoms with Crippen LogP contribution in [0.25, 0.3) is 0 Å². The average Bonchev–Trinajstić information content (AvgIpc) is 3.19. The zero-order valence-electron chi connectivity index (χ0n) is 20.0. The van der Waals surface area contributed by atoms with Crippen molar-refractivity contribution in [2.45, 2.75) is 51.2 Å². The number of hydrogen-bond acceptors (Lipinski definition) is 6. The number of benzene rings is 1. The smallest absolute Gasteiger partial charge is 0.243 e. The Morgan fingerprint density at radius 3 is 2.69 bits per heavy atom. The van der Waals surface area contributed by atoms with Crippen molar-refractivity contribution in [3.05, 3.63) is 52.0 Å². The van der Waals surface area contributed by atoms with Crippen LogP contribution in [0.2, 0.25) is 0 Å². The van der Waals surface area contributed by atoms with Crippen molar-refractivity contribution >= 4 is 34.9 Å². The number of nitrogens with zero attached hydrogens (tertiary/aromatic N) is 1. The fraction of sp³-hybridized carbons (Fsp3) is 0.440. The number of thiophene rings is 1. The van der Waals surface area contributed by atoms with Crippen LogP contribution in [0.3, 0.4) is 0 Å². The maximum atomic E-state index is 13.9. The number of nitrogens with two attached hydrogens (primary N) is 1. The normalized spacial score (nSPS) is 22.0. The molecule has 1 aromatic carbocycles. The highest BCUT2D eigenvalue weighted by molar-refractivity contribution is 7.10. The van der Waals surface area contributed by atoms with Crippen LogP contribution >= 0.6 is 11.3 Å². The second-order valence-corrected chi connectivity index (χ2v) is 10.6. The molecule has 3 atom stereocenters. The van der Waals surface area contributed by atoms with E-state index in [-0.39, 0.29) is 60.1 Å². The van der Waals surface area contributed by atoms with Crippen LogP contribution in [0.5, 0.6) is 5.75 Å². The van der Waals surface area contributed by atoms with E-state index in [1.807, 2.05) is 37.3 Å². The largest absolute Gasteiger partial charge is 0.494 e. The van der Waals surface area contributed by atoms with Gasteiger partial charge in [-0.3, -0.25) is 19.8 Å². The number of amides is 3. The minimum Gasteiger partial charge on any atom is -0.494 e. The summed E-state index contributed by atoms with van der Waals surface area (Å²) in [7, 11) is 0. The maximum absolute atomic E-state index is 13.9. The molecule has 2 aromatic rings. The van der Waals surface area contributed by atoms with Crippen LogP contribution in [0.4, 0.5) is 4.39 Å². The Balaban J connectivity index is 1.24. The van der Waals surface area contributed by atoms with Crippen LogP contribution in [0.1, 0.15) is 43.0 Å². The average molecular weight is 516 g/mol. The van der Waals surface area contributed by atoms with Crippen LogP contribution < -0.4 is 21.1 Å². The molecule has 0 spiro atoms. The molecule has 2 fully saturated rings. The van der Waals surface area contributed by atoms with Gasteiger partial charge in [0.25, 0.3) is 0 Å². The highest BCUT2D eigenvalue weighted by Gasteiger charge is 2.64. The molecule has 5 N–H and O–H groups in total. The van der Waals surface area contributed by atoms with Gasteiger partial charge in [0.1, 0.15) is 17.6 Å².